The maximum absolute atomic E-state index is 13.1. The molecule has 0 aliphatic rings. The monoisotopic (exact) mass is 328 g/mol. The minimum Gasteiger partial charge on any atom is -0.478 e. The van der Waals surface area contributed by atoms with Gasteiger partial charge in [-0.25, -0.2) is 9.18 Å². The Morgan fingerprint density at radius 3 is 2.67 bits per heavy atom. The van der Waals surface area contributed by atoms with Crippen LogP contribution in [0, 0.1) is 5.82 Å². The first kappa shape index (κ1) is 17.1. The van der Waals surface area contributed by atoms with Crippen LogP contribution in [0.5, 0.6) is 0 Å². The Hall–Kier alpha value is -3.22. The first-order chi connectivity index (χ1) is 11.4. The topological polar surface area (TPSA) is 79.5 Å². The first-order valence-electron chi connectivity index (χ1n) is 7.05. The van der Waals surface area contributed by atoms with Crippen molar-refractivity contribution < 1.29 is 14.3 Å². The molecule has 2 rings (SSSR count). The van der Waals surface area contributed by atoms with E-state index in [2.05, 4.69) is 22.1 Å². The number of aliphatic imine (C=N–C) groups is 1. The predicted octanol–water partition coefficient (Wildman–Crippen LogP) is 3.21. The second-order valence-corrected chi connectivity index (χ2v) is 5.04. The average molecular weight is 328 g/mol. The lowest BCUT2D eigenvalue weighted by molar-refractivity contribution is -0.132. The van der Waals surface area contributed by atoms with Gasteiger partial charge in [0.05, 0.1) is 5.57 Å². The number of hydrogen-bond donors (Lipinski definition) is 2. The average Bonchev–Trinajstić information content (AvgIpc) is 2.88. The van der Waals surface area contributed by atoms with E-state index in [4.69, 9.17) is 0 Å². The van der Waals surface area contributed by atoms with Crippen molar-refractivity contribution in [1.82, 2.24) is 9.78 Å². The van der Waals surface area contributed by atoms with Gasteiger partial charge in [0.2, 0.25) is 0 Å². The summed E-state index contributed by atoms with van der Waals surface area (Å²) in [5.74, 6) is -0.956. The van der Waals surface area contributed by atoms with Crippen LogP contribution in [0.3, 0.4) is 0 Å². The van der Waals surface area contributed by atoms with Crippen molar-refractivity contribution in [3.8, 4) is 11.1 Å². The van der Waals surface area contributed by atoms with Gasteiger partial charge in [0.15, 0.2) is 5.82 Å². The maximum Gasteiger partial charge on any atom is 0.337 e. The van der Waals surface area contributed by atoms with E-state index < -0.39 is 5.97 Å². The number of carboxylic acid groups (broad SMARTS) is 1. The molecule has 0 atom stereocenters. The molecule has 0 spiro atoms. The third kappa shape index (κ3) is 3.95. The Labute approximate surface area is 138 Å². The van der Waals surface area contributed by atoms with Crippen LogP contribution in [0.15, 0.2) is 59.0 Å². The molecule has 2 aromatic rings. The fourth-order valence-electron chi connectivity index (χ4n) is 2.15. The van der Waals surface area contributed by atoms with Gasteiger partial charge in [-0.05, 0) is 37.4 Å². The molecule has 6 nitrogen and oxygen atoms in total. The van der Waals surface area contributed by atoms with E-state index in [0.29, 0.717) is 11.5 Å². The number of aromatic nitrogens is 2. The summed E-state index contributed by atoms with van der Waals surface area (Å²) in [5.41, 5.74) is 1.93. The predicted molar refractivity (Wildman–Crippen MR) is 91.2 cm³/mol. The van der Waals surface area contributed by atoms with E-state index in [0.717, 1.165) is 11.1 Å². The number of hydrogen-bond acceptors (Lipinski definition) is 4. The second kappa shape index (κ2) is 7.36. The van der Waals surface area contributed by atoms with Gasteiger partial charge in [-0.3, -0.25) is 9.67 Å². The molecule has 0 saturated carbocycles. The molecule has 0 saturated heterocycles. The Balaban J connectivity index is 2.42. The third-order valence-corrected chi connectivity index (χ3v) is 3.27. The first-order valence-corrected chi connectivity index (χ1v) is 7.05. The van der Waals surface area contributed by atoms with E-state index in [-0.39, 0.29) is 11.4 Å². The molecule has 0 fully saturated rings. The van der Waals surface area contributed by atoms with Crippen molar-refractivity contribution in [1.29, 1.82) is 0 Å². The van der Waals surface area contributed by atoms with Gasteiger partial charge in [0.25, 0.3) is 0 Å². The van der Waals surface area contributed by atoms with Crippen molar-refractivity contribution in [2.24, 2.45) is 12.0 Å². The van der Waals surface area contributed by atoms with E-state index in [1.807, 2.05) is 0 Å². The number of benzene rings is 1. The summed E-state index contributed by atoms with van der Waals surface area (Å²) in [7, 11) is 1.75. The molecule has 2 N–H and O–H groups in total. The van der Waals surface area contributed by atoms with Gasteiger partial charge in [0.1, 0.15) is 5.82 Å². The van der Waals surface area contributed by atoms with Crippen molar-refractivity contribution in [3.63, 3.8) is 0 Å². The Kier molecular flexibility index (Phi) is 5.26. The standard InChI is InChI=1S/C17H17FN4O2/c1-11(14(17(23)24)8-9-19-2)20-16-15(10-22(3)21-16)12-4-6-13(18)7-5-12/h4-10H,2H2,1,3H3,(H,20,21)(H,23,24)/b9-8-,14-11-. The smallest absolute Gasteiger partial charge is 0.337 e. The minimum absolute atomic E-state index is 0.0399. The Morgan fingerprint density at radius 2 is 2.08 bits per heavy atom. The number of carbonyl (C=O) groups is 1. The number of aliphatic carboxylic acids is 1. The van der Waals surface area contributed by atoms with Crippen LogP contribution in [-0.4, -0.2) is 27.6 Å². The van der Waals surface area contributed by atoms with Crippen LogP contribution in [0.2, 0.25) is 0 Å². The molecule has 0 unspecified atom stereocenters. The van der Waals surface area contributed by atoms with Crippen LogP contribution in [0.25, 0.3) is 11.1 Å². The van der Waals surface area contributed by atoms with Gasteiger partial charge in [0, 0.05) is 30.7 Å². The molecule has 1 heterocycles. The number of aryl methyl sites for hydroxylation is 1. The van der Waals surface area contributed by atoms with Crippen LogP contribution < -0.4 is 5.32 Å². The summed E-state index contributed by atoms with van der Waals surface area (Å²) in [6.45, 7) is 4.91. The lowest BCUT2D eigenvalue weighted by Crippen LogP contribution is -2.08. The number of allylic oxidation sites excluding steroid dienone is 1. The highest BCUT2D eigenvalue weighted by Gasteiger charge is 2.14. The lowest BCUT2D eigenvalue weighted by Gasteiger charge is -2.08. The Bertz CT molecular complexity index is 820. The number of nitrogens with one attached hydrogen (secondary N) is 1. The minimum atomic E-state index is -1.10. The molecule has 0 amide bonds. The van der Waals surface area contributed by atoms with Crippen LogP contribution in [-0.2, 0) is 11.8 Å². The van der Waals surface area contributed by atoms with Crippen molar-refractivity contribution >= 4 is 18.5 Å². The van der Waals surface area contributed by atoms with Crippen molar-refractivity contribution in [2.45, 2.75) is 6.92 Å². The maximum atomic E-state index is 13.1. The largest absolute Gasteiger partial charge is 0.478 e. The summed E-state index contributed by atoms with van der Waals surface area (Å²) in [6.07, 6.45) is 4.41. The van der Waals surface area contributed by atoms with E-state index >= 15 is 0 Å². The number of rotatable bonds is 6. The molecule has 0 aliphatic heterocycles. The van der Waals surface area contributed by atoms with E-state index in [1.54, 1.807) is 37.0 Å². The molecule has 24 heavy (non-hydrogen) atoms. The van der Waals surface area contributed by atoms with Crippen LogP contribution >= 0.6 is 0 Å². The molecule has 0 radical (unpaired) electrons. The highest BCUT2D eigenvalue weighted by atomic mass is 19.1. The van der Waals surface area contributed by atoms with Crippen LogP contribution in [0.1, 0.15) is 6.92 Å². The molecule has 0 bridgehead atoms. The zero-order valence-electron chi connectivity index (χ0n) is 13.3. The summed E-state index contributed by atoms with van der Waals surface area (Å²) in [5, 5.41) is 16.6. The van der Waals surface area contributed by atoms with Gasteiger partial charge in [-0.15, -0.1) is 0 Å². The molecule has 124 valence electrons. The van der Waals surface area contributed by atoms with Gasteiger partial charge in [-0.1, -0.05) is 12.1 Å². The number of halogens is 1. The van der Waals surface area contributed by atoms with E-state index in [9.17, 15) is 14.3 Å². The molecule has 7 heteroatoms. The number of nitrogens with zero attached hydrogens (tertiary/aromatic N) is 3. The number of anilines is 1. The second-order valence-electron chi connectivity index (χ2n) is 5.04. The van der Waals surface area contributed by atoms with Crippen LogP contribution in [0.4, 0.5) is 10.2 Å². The van der Waals surface area contributed by atoms with Crippen molar-refractivity contribution in [3.05, 3.63) is 59.8 Å². The van der Waals surface area contributed by atoms with Gasteiger partial charge in [-0.2, -0.15) is 5.10 Å². The van der Waals surface area contributed by atoms with Crippen molar-refractivity contribution in [2.75, 3.05) is 5.32 Å². The summed E-state index contributed by atoms with van der Waals surface area (Å²) in [4.78, 5) is 14.9. The Morgan fingerprint density at radius 1 is 1.42 bits per heavy atom. The molecule has 1 aromatic heterocycles. The summed E-state index contributed by atoms with van der Waals surface area (Å²) in [6, 6.07) is 5.98. The quantitative estimate of drug-likeness (QED) is 0.485. The third-order valence-electron chi connectivity index (χ3n) is 3.27. The molecular weight excluding hydrogens is 311 g/mol. The van der Waals surface area contributed by atoms with Gasteiger partial charge < -0.3 is 10.4 Å². The van der Waals surface area contributed by atoms with Gasteiger partial charge >= 0.3 is 5.97 Å². The summed E-state index contributed by atoms with van der Waals surface area (Å²) >= 11 is 0. The summed E-state index contributed by atoms with van der Waals surface area (Å²) < 4.78 is 14.7. The SMILES string of the molecule is C=N/C=C\C(C(=O)O)=C(/C)Nc1nn(C)cc1-c1ccc(F)cc1. The zero-order valence-corrected chi connectivity index (χ0v) is 13.3. The molecule has 0 aliphatic carbocycles. The normalized spacial score (nSPS) is 12.1. The molecular formula is C17H17FN4O2. The number of carboxylic acids is 1. The fraction of sp³-hybridized carbons (Fsp3) is 0.118. The zero-order chi connectivity index (χ0) is 17.7. The lowest BCUT2D eigenvalue weighted by atomic mass is 10.1. The fourth-order valence-corrected chi connectivity index (χ4v) is 2.15. The van der Waals surface area contributed by atoms with E-state index in [1.165, 1.54) is 24.4 Å². The molecule has 1 aromatic carbocycles. The highest BCUT2D eigenvalue weighted by molar-refractivity contribution is 5.91. The highest BCUT2D eigenvalue weighted by Crippen LogP contribution is 2.28.